The van der Waals surface area contributed by atoms with Gasteiger partial charge in [0.2, 0.25) is 5.91 Å². The summed E-state index contributed by atoms with van der Waals surface area (Å²) in [4.78, 5) is 37.6. The Kier molecular flexibility index (Phi) is 4.62. The summed E-state index contributed by atoms with van der Waals surface area (Å²) in [6.45, 7) is 0. The zero-order valence-electron chi connectivity index (χ0n) is 14.2. The van der Waals surface area contributed by atoms with E-state index in [0.29, 0.717) is 5.69 Å². The number of para-hydroxylation sites is 1. The molecule has 0 saturated carbocycles. The van der Waals surface area contributed by atoms with Gasteiger partial charge in [-0.25, -0.2) is 0 Å². The number of carbonyl (C=O) groups excluding carboxylic acids is 3. The summed E-state index contributed by atoms with van der Waals surface area (Å²) in [5.74, 6) is -2.00. The van der Waals surface area contributed by atoms with Crippen molar-refractivity contribution in [2.45, 2.75) is 5.92 Å². The van der Waals surface area contributed by atoms with Gasteiger partial charge in [-0.1, -0.05) is 36.0 Å². The Balaban J connectivity index is 1.55. The van der Waals surface area contributed by atoms with Crippen molar-refractivity contribution in [3.8, 4) is 5.75 Å². The molecule has 2 aromatic carbocycles. The summed E-state index contributed by atoms with van der Waals surface area (Å²) in [5, 5.41) is 13.2. The molecule has 28 heavy (non-hydrogen) atoms. The highest BCUT2D eigenvalue weighted by atomic mass is 32.2. The average molecular weight is 411 g/mol. The number of thiocarbonyl (C=S) groups is 1. The van der Waals surface area contributed by atoms with Crippen molar-refractivity contribution in [1.82, 2.24) is 10.4 Å². The molecule has 3 N–H and O–H groups in total. The topological polar surface area (TPSA) is 98.7 Å². The standard InChI is InChI=1S/C19H13N3O4S2/c23-11-5-3-4-10(8-11)16(24)21-22-18(26)15(28-19(22)27)9-13-12-6-1-2-7-14(12)20-17(13)25/h1-9,13,23H,(H,20,25)(H,21,24)/b15-9-. The summed E-state index contributed by atoms with van der Waals surface area (Å²) in [6, 6.07) is 13.0. The predicted molar refractivity (Wildman–Crippen MR) is 109 cm³/mol. The Morgan fingerprint density at radius 2 is 2.00 bits per heavy atom. The van der Waals surface area contributed by atoms with Gasteiger partial charge in [0.15, 0.2) is 4.32 Å². The first kappa shape index (κ1) is 18.2. The molecule has 1 unspecified atom stereocenters. The predicted octanol–water partition coefficient (Wildman–Crippen LogP) is 2.52. The van der Waals surface area contributed by atoms with Gasteiger partial charge in [-0.05, 0) is 48.1 Å². The van der Waals surface area contributed by atoms with E-state index in [1.807, 2.05) is 18.2 Å². The molecule has 2 heterocycles. The fourth-order valence-electron chi connectivity index (χ4n) is 2.94. The second kappa shape index (κ2) is 7.10. The van der Waals surface area contributed by atoms with Crippen LogP contribution in [0.25, 0.3) is 0 Å². The van der Waals surface area contributed by atoms with E-state index in [1.165, 1.54) is 24.3 Å². The Hall–Kier alpha value is -3.17. The lowest BCUT2D eigenvalue weighted by Crippen LogP contribution is -2.44. The summed E-state index contributed by atoms with van der Waals surface area (Å²) >= 11 is 6.21. The zero-order valence-corrected chi connectivity index (χ0v) is 15.8. The van der Waals surface area contributed by atoms with Crippen LogP contribution in [0.4, 0.5) is 5.69 Å². The van der Waals surface area contributed by atoms with Crippen LogP contribution in [0.15, 0.2) is 59.5 Å². The number of phenolic OH excluding ortho intramolecular Hbond substituents is 1. The molecule has 7 nitrogen and oxygen atoms in total. The van der Waals surface area contributed by atoms with E-state index in [4.69, 9.17) is 12.2 Å². The molecule has 0 aromatic heterocycles. The van der Waals surface area contributed by atoms with Crippen molar-refractivity contribution >= 4 is 51.7 Å². The lowest BCUT2D eigenvalue weighted by Gasteiger charge is -2.15. The number of phenols is 1. The van der Waals surface area contributed by atoms with E-state index in [0.717, 1.165) is 22.3 Å². The number of rotatable bonds is 3. The highest BCUT2D eigenvalue weighted by molar-refractivity contribution is 8.26. The molecule has 3 amide bonds. The van der Waals surface area contributed by atoms with Crippen LogP contribution in [0, 0.1) is 0 Å². The average Bonchev–Trinajstić information content (AvgIpc) is 3.13. The molecule has 0 aliphatic carbocycles. The van der Waals surface area contributed by atoms with Gasteiger partial charge in [-0.15, -0.1) is 0 Å². The minimum absolute atomic E-state index is 0.0659. The molecule has 0 radical (unpaired) electrons. The van der Waals surface area contributed by atoms with Gasteiger partial charge in [0.1, 0.15) is 5.75 Å². The fourth-order valence-corrected chi connectivity index (χ4v) is 4.13. The number of carbonyl (C=O) groups is 3. The summed E-state index contributed by atoms with van der Waals surface area (Å²) < 4.78 is 0.149. The lowest BCUT2D eigenvalue weighted by molar-refractivity contribution is -0.123. The number of anilines is 1. The van der Waals surface area contributed by atoms with Gasteiger partial charge in [-0.3, -0.25) is 19.8 Å². The Morgan fingerprint density at radius 1 is 1.21 bits per heavy atom. The van der Waals surface area contributed by atoms with Crippen LogP contribution in [-0.2, 0) is 9.59 Å². The van der Waals surface area contributed by atoms with Gasteiger partial charge in [0, 0.05) is 11.3 Å². The third-order valence-corrected chi connectivity index (χ3v) is 5.59. The molecule has 1 saturated heterocycles. The Morgan fingerprint density at radius 3 is 2.79 bits per heavy atom. The van der Waals surface area contributed by atoms with Crippen molar-refractivity contribution in [3.05, 3.63) is 70.6 Å². The minimum atomic E-state index is -0.604. The zero-order chi connectivity index (χ0) is 19.8. The third kappa shape index (κ3) is 3.25. The van der Waals surface area contributed by atoms with Crippen LogP contribution in [-0.4, -0.2) is 32.2 Å². The van der Waals surface area contributed by atoms with Crippen molar-refractivity contribution in [2.75, 3.05) is 5.32 Å². The minimum Gasteiger partial charge on any atom is -0.508 e. The lowest BCUT2D eigenvalue weighted by atomic mass is 10.0. The molecule has 1 fully saturated rings. The normalized spacial score (nSPS) is 19.7. The maximum absolute atomic E-state index is 12.7. The van der Waals surface area contributed by atoms with E-state index in [2.05, 4.69) is 10.7 Å². The molecular formula is C19H13N3O4S2. The van der Waals surface area contributed by atoms with Crippen molar-refractivity contribution < 1.29 is 19.5 Å². The number of benzene rings is 2. The quantitative estimate of drug-likeness (QED) is 0.530. The van der Waals surface area contributed by atoms with E-state index in [-0.39, 0.29) is 26.4 Å². The first-order chi connectivity index (χ1) is 13.4. The number of thioether (sulfide) groups is 1. The highest BCUT2D eigenvalue weighted by Crippen LogP contribution is 2.38. The first-order valence-corrected chi connectivity index (χ1v) is 9.44. The van der Waals surface area contributed by atoms with Crippen LogP contribution < -0.4 is 10.7 Å². The van der Waals surface area contributed by atoms with E-state index in [9.17, 15) is 19.5 Å². The molecule has 2 aromatic rings. The molecular weight excluding hydrogens is 398 g/mol. The maximum Gasteiger partial charge on any atom is 0.284 e. The molecule has 2 aliphatic heterocycles. The number of hydrogen-bond acceptors (Lipinski definition) is 6. The number of hydrogen-bond donors (Lipinski definition) is 3. The van der Waals surface area contributed by atoms with E-state index in [1.54, 1.807) is 12.1 Å². The van der Waals surface area contributed by atoms with Gasteiger partial charge in [0.25, 0.3) is 11.8 Å². The smallest absolute Gasteiger partial charge is 0.284 e. The maximum atomic E-state index is 12.7. The number of nitrogens with zero attached hydrogens (tertiary/aromatic N) is 1. The van der Waals surface area contributed by atoms with Gasteiger partial charge in [-0.2, -0.15) is 5.01 Å². The van der Waals surface area contributed by atoms with Crippen LogP contribution in [0.2, 0.25) is 0 Å². The number of nitrogens with one attached hydrogen (secondary N) is 2. The monoisotopic (exact) mass is 411 g/mol. The van der Waals surface area contributed by atoms with Crippen molar-refractivity contribution in [2.24, 2.45) is 0 Å². The molecule has 140 valence electrons. The van der Waals surface area contributed by atoms with E-state index >= 15 is 0 Å². The third-order valence-electron chi connectivity index (χ3n) is 4.27. The number of aromatic hydroxyl groups is 1. The Labute approximate surface area is 169 Å². The molecule has 4 rings (SSSR count). The van der Waals surface area contributed by atoms with Crippen LogP contribution in [0.3, 0.4) is 0 Å². The molecule has 9 heteroatoms. The van der Waals surface area contributed by atoms with Crippen molar-refractivity contribution in [3.63, 3.8) is 0 Å². The van der Waals surface area contributed by atoms with Crippen molar-refractivity contribution in [1.29, 1.82) is 0 Å². The summed E-state index contributed by atoms with van der Waals surface area (Å²) in [7, 11) is 0. The SMILES string of the molecule is O=C(NN1C(=O)/C(=C/C2C(=O)Nc3ccccc32)SC1=S)c1cccc(O)c1. The summed E-state index contributed by atoms with van der Waals surface area (Å²) in [5.41, 5.74) is 4.11. The fraction of sp³-hybridized carbons (Fsp3) is 0.0526. The largest absolute Gasteiger partial charge is 0.508 e. The molecule has 0 bridgehead atoms. The van der Waals surface area contributed by atoms with E-state index < -0.39 is 17.7 Å². The number of hydrazine groups is 1. The Bertz CT molecular complexity index is 1070. The van der Waals surface area contributed by atoms with Crippen LogP contribution in [0.5, 0.6) is 5.75 Å². The summed E-state index contributed by atoms with van der Waals surface area (Å²) in [6.07, 6.45) is 1.56. The first-order valence-electron chi connectivity index (χ1n) is 8.22. The number of fused-ring (bicyclic) bond motifs is 1. The molecule has 1 atom stereocenters. The van der Waals surface area contributed by atoms with Crippen LogP contribution in [0.1, 0.15) is 21.8 Å². The molecule has 2 aliphatic rings. The second-order valence-corrected chi connectivity index (χ2v) is 7.76. The van der Waals surface area contributed by atoms with Crippen LogP contribution >= 0.6 is 24.0 Å². The highest BCUT2D eigenvalue weighted by Gasteiger charge is 2.37. The molecule has 0 spiro atoms. The van der Waals surface area contributed by atoms with Gasteiger partial charge >= 0.3 is 0 Å². The van der Waals surface area contributed by atoms with Gasteiger partial charge < -0.3 is 10.4 Å². The second-order valence-electron chi connectivity index (χ2n) is 6.08. The number of amides is 3. The van der Waals surface area contributed by atoms with Gasteiger partial charge in [0.05, 0.1) is 10.8 Å².